The Morgan fingerprint density at radius 2 is 1.70 bits per heavy atom. The van der Waals surface area contributed by atoms with Gasteiger partial charge in [-0.25, -0.2) is 4.39 Å². The van der Waals surface area contributed by atoms with Crippen LogP contribution in [0.2, 0.25) is 0 Å². The Morgan fingerprint density at radius 3 is 2.33 bits per heavy atom. The van der Waals surface area contributed by atoms with Gasteiger partial charge in [0.25, 0.3) is 0 Å². The highest BCUT2D eigenvalue weighted by Gasteiger charge is 2.22. The van der Waals surface area contributed by atoms with Crippen molar-refractivity contribution in [2.45, 2.75) is 26.2 Å². The normalized spacial score (nSPS) is 14.5. The van der Waals surface area contributed by atoms with E-state index in [2.05, 4.69) is 43.4 Å². The number of halogens is 1. The molecule has 4 nitrogen and oxygen atoms in total. The minimum atomic E-state index is -0.204. The van der Waals surface area contributed by atoms with Gasteiger partial charge >= 0.3 is 0 Å². The van der Waals surface area contributed by atoms with Gasteiger partial charge in [0.2, 0.25) is 5.91 Å². The molecule has 27 heavy (non-hydrogen) atoms. The maximum Gasteiger partial charge on any atom is 0.224 e. The van der Waals surface area contributed by atoms with Crippen molar-refractivity contribution in [3.8, 4) is 0 Å². The zero-order chi connectivity index (χ0) is 19.2. The summed E-state index contributed by atoms with van der Waals surface area (Å²) < 4.78 is 13.9. The number of nitrogens with zero attached hydrogens (tertiary/aromatic N) is 2. The number of hydrogen-bond acceptors (Lipinski definition) is 3. The van der Waals surface area contributed by atoms with Gasteiger partial charge in [0, 0.05) is 44.8 Å². The Hall–Kier alpha value is -2.56. The van der Waals surface area contributed by atoms with E-state index in [0.29, 0.717) is 50.7 Å². The molecule has 1 aliphatic heterocycles. The quantitative estimate of drug-likeness (QED) is 0.833. The van der Waals surface area contributed by atoms with Crippen molar-refractivity contribution in [2.75, 3.05) is 42.9 Å². The maximum atomic E-state index is 13.9. The van der Waals surface area contributed by atoms with Crippen LogP contribution in [0.1, 0.15) is 31.7 Å². The summed E-state index contributed by atoms with van der Waals surface area (Å²) >= 11 is 0. The van der Waals surface area contributed by atoms with Crippen LogP contribution in [0, 0.1) is 5.82 Å². The SMILES string of the molecule is CC(C)c1ccc(NCCC(=O)N2CCN(c3ccccc3F)CC2)cc1. The van der Waals surface area contributed by atoms with Crippen LogP contribution in [0.15, 0.2) is 48.5 Å². The van der Waals surface area contributed by atoms with Crippen molar-refractivity contribution in [3.63, 3.8) is 0 Å². The summed E-state index contributed by atoms with van der Waals surface area (Å²) in [5.74, 6) is 0.461. The van der Waals surface area contributed by atoms with E-state index in [1.54, 1.807) is 12.1 Å². The fourth-order valence-electron chi connectivity index (χ4n) is 3.36. The first-order chi connectivity index (χ1) is 13.0. The number of rotatable bonds is 6. The third kappa shape index (κ3) is 5.00. The Bertz CT molecular complexity index is 752. The predicted octanol–water partition coefficient (Wildman–Crippen LogP) is 4.10. The lowest BCUT2D eigenvalue weighted by Crippen LogP contribution is -2.49. The van der Waals surface area contributed by atoms with Gasteiger partial charge in [0.1, 0.15) is 5.82 Å². The number of amides is 1. The van der Waals surface area contributed by atoms with Crippen molar-refractivity contribution < 1.29 is 9.18 Å². The van der Waals surface area contributed by atoms with E-state index >= 15 is 0 Å². The summed E-state index contributed by atoms with van der Waals surface area (Å²) in [5, 5.41) is 3.32. The average Bonchev–Trinajstić information content (AvgIpc) is 2.69. The molecular weight excluding hydrogens is 341 g/mol. The highest BCUT2D eigenvalue weighted by atomic mass is 19.1. The van der Waals surface area contributed by atoms with Gasteiger partial charge in [-0.2, -0.15) is 0 Å². The molecule has 1 aliphatic rings. The average molecular weight is 369 g/mol. The van der Waals surface area contributed by atoms with Crippen molar-refractivity contribution in [2.24, 2.45) is 0 Å². The fourth-order valence-corrected chi connectivity index (χ4v) is 3.36. The third-order valence-corrected chi connectivity index (χ3v) is 5.07. The molecule has 1 N–H and O–H groups in total. The Labute approximate surface area is 161 Å². The number of para-hydroxylation sites is 1. The summed E-state index contributed by atoms with van der Waals surface area (Å²) in [7, 11) is 0. The predicted molar refractivity (Wildman–Crippen MR) is 109 cm³/mol. The minimum absolute atomic E-state index is 0.148. The molecule has 0 aromatic heterocycles. The van der Waals surface area contributed by atoms with Crippen LogP contribution in [0.4, 0.5) is 15.8 Å². The van der Waals surface area contributed by atoms with E-state index < -0.39 is 0 Å². The molecule has 5 heteroatoms. The Balaban J connectivity index is 1.42. The molecule has 1 saturated heterocycles. The van der Waals surface area contributed by atoms with Crippen LogP contribution in [-0.2, 0) is 4.79 Å². The number of nitrogens with one attached hydrogen (secondary N) is 1. The highest BCUT2D eigenvalue weighted by Crippen LogP contribution is 2.20. The van der Waals surface area contributed by atoms with Crippen LogP contribution in [0.25, 0.3) is 0 Å². The minimum Gasteiger partial charge on any atom is -0.385 e. The van der Waals surface area contributed by atoms with Crippen LogP contribution >= 0.6 is 0 Å². The van der Waals surface area contributed by atoms with Crippen molar-refractivity contribution in [1.29, 1.82) is 0 Å². The lowest BCUT2D eigenvalue weighted by molar-refractivity contribution is -0.131. The lowest BCUT2D eigenvalue weighted by Gasteiger charge is -2.36. The summed E-state index contributed by atoms with van der Waals surface area (Å²) in [6.45, 7) is 7.56. The number of carbonyl (C=O) groups excluding carboxylic acids is 1. The first-order valence-electron chi connectivity index (χ1n) is 9.65. The van der Waals surface area contributed by atoms with Gasteiger partial charge in [-0.3, -0.25) is 4.79 Å². The van der Waals surface area contributed by atoms with E-state index in [0.717, 1.165) is 5.69 Å². The van der Waals surface area contributed by atoms with E-state index in [-0.39, 0.29) is 11.7 Å². The van der Waals surface area contributed by atoms with Gasteiger partial charge in [-0.1, -0.05) is 38.1 Å². The molecule has 0 aliphatic carbocycles. The molecular formula is C22H28FN3O. The lowest BCUT2D eigenvalue weighted by atomic mass is 10.0. The molecule has 2 aromatic rings. The van der Waals surface area contributed by atoms with Crippen LogP contribution in [-0.4, -0.2) is 43.5 Å². The molecule has 144 valence electrons. The zero-order valence-electron chi connectivity index (χ0n) is 16.1. The number of benzene rings is 2. The van der Waals surface area contributed by atoms with Crippen LogP contribution in [0.3, 0.4) is 0 Å². The molecule has 1 heterocycles. The molecule has 0 saturated carbocycles. The topological polar surface area (TPSA) is 35.6 Å². The van der Waals surface area contributed by atoms with Gasteiger partial charge in [-0.05, 0) is 35.7 Å². The standard InChI is InChI=1S/C22H28FN3O/c1-17(2)18-7-9-19(10-8-18)24-12-11-22(27)26-15-13-25(14-16-26)21-6-4-3-5-20(21)23/h3-10,17,24H,11-16H2,1-2H3. The molecule has 0 unspecified atom stereocenters. The zero-order valence-corrected chi connectivity index (χ0v) is 16.1. The van der Waals surface area contributed by atoms with E-state index in [1.165, 1.54) is 11.6 Å². The summed E-state index contributed by atoms with van der Waals surface area (Å²) in [5.41, 5.74) is 2.97. The number of hydrogen-bond donors (Lipinski definition) is 1. The molecule has 0 spiro atoms. The van der Waals surface area contributed by atoms with Crippen LogP contribution < -0.4 is 10.2 Å². The van der Waals surface area contributed by atoms with E-state index in [4.69, 9.17) is 0 Å². The molecule has 1 amide bonds. The van der Waals surface area contributed by atoms with Gasteiger partial charge in [0.15, 0.2) is 0 Å². The second-order valence-electron chi connectivity index (χ2n) is 7.27. The number of anilines is 2. The maximum absolute atomic E-state index is 13.9. The van der Waals surface area contributed by atoms with Crippen molar-refractivity contribution in [1.82, 2.24) is 4.90 Å². The van der Waals surface area contributed by atoms with Crippen molar-refractivity contribution in [3.05, 3.63) is 59.9 Å². The molecule has 1 fully saturated rings. The molecule has 0 atom stereocenters. The summed E-state index contributed by atoms with van der Waals surface area (Å²) in [4.78, 5) is 16.3. The third-order valence-electron chi connectivity index (χ3n) is 5.07. The van der Waals surface area contributed by atoms with Crippen LogP contribution in [0.5, 0.6) is 0 Å². The number of carbonyl (C=O) groups is 1. The monoisotopic (exact) mass is 369 g/mol. The smallest absolute Gasteiger partial charge is 0.224 e. The second kappa shape index (κ2) is 8.89. The van der Waals surface area contributed by atoms with Gasteiger partial charge < -0.3 is 15.1 Å². The summed E-state index contributed by atoms with van der Waals surface area (Å²) in [6.07, 6.45) is 0.464. The van der Waals surface area contributed by atoms with Gasteiger partial charge in [-0.15, -0.1) is 0 Å². The van der Waals surface area contributed by atoms with Crippen molar-refractivity contribution >= 4 is 17.3 Å². The molecule has 0 radical (unpaired) electrons. The molecule has 0 bridgehead atoms. The molecule has 2 aromatic carbocycles. The first kappa shape index (κ1) is 19.2. The van der Waals surface area contributed by atoms with E-state index in [9.17, 15) is 9.18 Å². The second-order valence-corrected chi connectivity index (χ2v) is 7.27. The fraction of sp³-hybridized carbons (Fsp3) is 0.409. The number of piperazine rings is 1. The first-order valence-corrected chi connectivity index (χ1v) is 9.65. The van der Waals surface area contributed by atoms with E-state index in [1.807, 2.05) is 15.9 Å². The largest absolute Gasteiger partial charge is 0.385 e. The summed E-state index contributed by atoms with van der Waals surface area (Å²) in [6, 6.07) is 15.2. The Morgan fingerprint density at radius 1 is 1.04 bits per heavy atom. The Kier molecular flexibility index (Phi) is 6.32. The highest BCUT2D eigenvalue weighted by molar-refractivity contribution is 5.77. The molecule has 3 rings (SSSR count). The van der Waals surface area contributed by atoms with Gasteiger partial charge in [0.05, 0.1) is 5.69 Å².